The molecule has 6 rings (SSSR count). The number of pyridine rings is 1. The molecule has 43 heavy (non-hydrogen) atoms. The fourth-order valence-corrected chi connectivity index (χ4v) is 8.27. The van der Waals surface area contributed by atoms with E-state index in [1.807, 2.05) is 0 Å². The summed E-state index contributed by atoms with van der Waals surface area (Å²) in [6, 6.07) is 6.67. The smallest absolute Gasteiger partial charge is 0.238 e. The van der Waals surface area contributed by atoms with Gasteiger partial charge in [0.2, 0.25) is 11.8 Å². The molecule has 2 spiro atoms. The van der Waals surface area contributed by atoms with Gasteiger partial charge in [-0.05, 0) is 55.2 Å². The Labute approximate surface area is 260 Å². The van der Waals surface area contributed by atoms with E-state index in [1.165, 1.54) is 13.2 Å². The number of nitrogens with one attached hydrogen (secondary N) is 3. The van der Waals surface area contributed by atoms with Crippen molar-refractivity contribution in [2.24, 2.45) is 5.41 Å². The maximum Gasteiger partial charge on any atom is 0.238 e. The average molecular weight is 636 g/mol. The number of amides is 2. The van der Waals surface area contributed by atoms with Crippen LogP contribution < -0.4 is 16.0 Å². The normalized spacial score (nSPS) is 32.5. The fourth-order valence-electron chi connectivity index (χ4n) is 7.94. The first-order valence-electron chi connectivity index (χ1n) is 14.7. The van der Waals surface area contributed by atoms with Gasteiger partial charge in [-0.25, -0.2) is 9.37 Å². The number of anilines is 1. The molecule has 2 aromatic rings. The number of aromatic nitrogens is 1. The van der Waals surface area contributed by atoms with Crippen molar-refractivity contribution in [2.45, 2.75) is 87.1 Å². The van der Waals surface area contributed by atoms with Crippen molar-refractivity contribution in [2.75, 3.05) is 25.6 Å². The van der Waals surface area contributed by atoms with Gasteiger partial charge in [0.15, 0.2) is 0 Å². The molecule has 4 heterocycles. The van der Waals surface area contributed by atoms with Crippen molar-refractivity contribution < 1.29 is 28.6 Å². The highest BCUT2D eigenvalue weighted by Crippen LogP contribution is 2.63. The van der Waals surface area contributed by atoms with E-state index >= 15 is 4.39 Å². The third-order valence-corrected chi connectivity index (χ3v) is 10.7. The summed E-state index contributed by atoms with van der Waals surface area (Å²) in [4.78, 5) is 33.3. The molecule has 9 nitrogen and oxygen atoms in total. The lowest BCUT2D eigenvalue weighted by Crippen LogP contribution is -2.61. The quantitative estimate of drug-likeness (QED) is 0.366. The Morgan fingerprint density at radius 3 is 2.65 bits per heavy atom. The number of benzene rings is 1. The molecule has 3 fully saturated rings. The minimum absolute atomic E-state index is 0.0271. The fraction of sp³-hybridized carbons (Fsp3) is 0.581. The van der Waals surface area contributed by atoms with Gasteiger partial charge in [-0.1, -0.05) is 55.2 Å². The van der Waals surface area contributed by atoms with E-state index in [-0.39, 0.29) is 46.2 Å². The summed E-state index contributed by atoms with van der Waals surface area (Å²) < 4.78 is 27.4. The minimum atomic E-state index is -1.38. The van der Waals surface area contributed by atoms with Crippen LogP contribution in [0.4, 0.5) is 10.2 Å². The molecule has 4 N–H and O–H groups in total. The molecule has 6 atom stereocenters. The van der Waals surface area contributed by atoms with E-state index in [0.29, 0.717) is 30.6 Å². The molecule has 2 amide bonds. The van der Waals surface area contributed by atoms with Gasteiger partial charge in [-0.2, -0.15) is 0 Å². The van der Waals surface area contributed by atoms with Crippen LogP contribution in [0.15, 0.2) is 30.3 Å². The monoisotopic (exact) mass is 634 g/mol. The van der Waals surface area contributed by atoms with E-state index in [2.05, 4.69) is 34.8 Å². The van der Waals surface area contributed by atoms with E-state index in [9.17, 15) is 14.7 Å². The first-order valence-corrected chi connectivity index (χ1v) is 15.5. The Hall–Kier alpha value is -2.34. The second-order valence-corrected chi connectivity index (χ2v) is 13.8. The summed E-state index contributed by atoms with van der Waals surface area (Å²) in [5.74, 6) is -2.06. The number of methoxy groups -OCH3 is 1. The number of hydrogen-bond donors (Lipinski definition) is 4. The third kappa shape index (κ3) is 4.85. The van der Waals surface area contributed by atoms with Gasteiger partial charge in [0.1, 0.15) is 28.3 Å². The van der Waals surface area contributed by atoms with Gasteiger partial charge in [-0.3, -0.25) is 14.9 Å². The van der Waals surface area contributed by atoms with Gasteiger partial charge in [-0.15, -0.1) is 0 Å². The van der Waals surface area contributed by atoms with E-state index in [1.54, 1.807) is 24.3 Å². The summed E-state index contributed by atoms with van der Waals surface area (Å²) >= 11 is 12.6. The van der Waals surface area contributed by atoms with Crippen LogP contribution in [0.2, 0.25) is 10.2 Å². The molecular weight excluding hydrogens is 598 g/mol. The number of rotatable bonds is 5. The number of ether oxygens (including phenoxy) is 2. The average Bonchev–Trinajstić information content (AvgIpc) is 3.44. The molecule has 0 unspecified atom stereocenters. The molecule has 0 radical (unpaired) electrons. The minimum Gasteiger partial charge on any atom is -0.394 e. The molecule has 1 aromatic heterocycles. The number of halogens is 3. The number of carbonyl (C=O) groups is 2. The summed E-state index contributed by atoms with van der Waals surface area (Å²) in [5, 5.41) is 19.4. The Balaban J connectivity index is 1.49. The zero-order valence-electron chi connectivity index (χ0n) is 24.4. The predicted molar refractivity (Wildman–Crippen MR) is 160 cm³/mol. The second-order valence-electron chi connectivity index (χ2n) is 13.1. The number of hydrogen-bond acceptors (Lipinski definition) is 7. The van der Waals surface area contributed by atoms with Crippen LogP contribution in [0.25, 0.3) is 0 Å². The first kappa shape index (κ1) is 30.7. The zero-order valence-corrected chi connectivity index (χ0v) is 25.9. The number of aliphatic hydroxyl groups is 1. The van der Waals surface area contributed by atoms with Crippen molar-refractivity contribution in [3.8, 4) is 0 Å². The van der Waals surface area contributed by atoms with Crippen LogP contribution in [0.3, 0.4) is 0 Å². The molecule has 0 bridgehead atoms. The first-order chi connectivity index (χ1) is 20.5. The zero-order chi connectivity index (χ0) is 30.7. The lowest BCUT2D eigenvalue weighted by molar-refractivity contribution is -0.134. The largest absolute Gasteiger partial charge is 0.394 e. The SMILES string of the molecule is CO[C@H]1C[C@@H](NC(=O)[C@@H]2NC3(CCC(C)(C)CC3)[C@@]3(C(=O)Nc4nc(Cl)ccc43)[C@@H]2c2cccc(Cl)c2F)CO[C@@H]1CO. The van der Waals surface area contributed by atoms with Gasteiger partial charge >= 0.3 is 0 Å². The van der Waals surface area contributed by atoms with Gasteiger partial charge in [0.25, 0.3) is 0 Å². The Morgan fingerprint density at radius 1 is 1.21 bits per heavy atom. The molecule has 4 aliphatic rings. The van der Waals surface area contributed by atoms with Crippen LogP contribution in [0.5, 0.6) is 0 Å². The molecule has 1 aromatic carbocycles. The summed E-state index contributed by atoms with van der Waals surface area (Å²) in [6.45, 7) is 4.36. The molecule has 12 heteroatoms. The lowest BCUT2D eigenvalue weighted by Gasteiger charge is -2.50. The number of carbonyl (C=O) groups excluding carboxylic acids is 2. The highest BCUT2D eigenvalue weighted by atomic mass is 35.5. The predicted octanol–water partition coefficient (Wildman–Crippen LogP) is 4.09. The molecule has 2 saturated heterocycles. The van der Waals surface area contributed by atoms with Crippen LogP contribution in [-0.4, -0.2) is 72.1 Å². The van der Waals surface area contributed by atoms with Crippen molar-refractivity contribution in [1.82, 2.24) is 15.6 Å². The maximum absolute atomic E-state index is 16.1. The number of fused-ring (bicyclic) bond motifs is 3. The molecule has 1 aliphatic carbocycles. The summed E-state index contributed by atoms with van der Waals surface area (Å²) in [6.07, 6.45) is 2.25. The molecule has 232 valence electrons. The van der Waals surface area contributed by atoms with Crippen molar-refractivity contribution >= 4 is 40.8 Å². The van der Waals surface area contributed by atoms with Crippen LogP contribution >= 0.6 is 23.2 Å². The van der Waals surface area contributed by atoms with Gasteiger partial charge in [0.05, 0.1) is 36.4 Å². The van der Waals surface area contributed by atoms with Crippen LogP contribution in [0, 0.1) is 11.2 Å². The second kappa shape index (κ2) is 11.2. The van der Waals surface area contributed by atoms with Crippen molar-refractivity contribution in [3.05, 3.63) is 57.5 Å². The summed E-state index contributed by atoms with van der Waals surface area (Å²) in [5.41, 5.74) is -1.49. The molecular formula is C31H37Cl2FN4O5. The van der Waals surface area contributed by atoms with E-state index in [0.717, 1.165) is 12.8 Å². The summed E-state index contributed by atoms with van der Waals surface area (Å²) in [7, 11) is 1.53. The third-order valence-electron chi connectivity index (χ3n) is 10.2. The van der Waals surface area contributed by atoms with Gasteiger partial charge < -0.3 is 25.2 Å². The van der Waals surface area contributed by atoms with Gasteiger partial charge in [0, 0.05) is 24.1 Å². The standard InChI is InChI=1S/C31H37Cl2FN4O5/c1-29(2)9-11-30(12-10-29)31(18-7-8-22(33)36-26(18)37-28(31)41)23(17-5-4-6-19(32)24(17)34)25(38-30)27(40)35-16-13-20(42-3)21(14-39)43-15-16/h4-8,16,20-21,23,25,38-39H,9-15H2,1-3H3,(H,35,40)(H,36,37,41)/t16-,20+,21-,23-,25-,31-/m1/s1. The highest BCUT2D eigenvalue weighted by molar-refractivity contribution is 6.31. The molecule has 1 saturated carbocycles. The molecule has 3 aliphatic heterocycles. The Morgan fingerprint density at radius 2 is 1.95 bits per heavy atom. The van der Waals surface area contributed by atoms with Crippen LogP contribution in [-0.2, 0) is 24.5 Å². The Kier molecular flexibility index (Phi) is 8.01. The number of nitrogens with zero attached hydrogens (tertiary/aromatic N) is 1. The topological polar surface area (TPSA) is 122 Å². The Bertz CT molecular complexity index is 1430. The van der Waals surface area contributed by atoms with Crippen molar-refractivity contribution in [1.29, 1.82) is 0 Å². The lowest BCUT2D eigenvalue weighted by atomic mass is 9.53. The van der Waals surface area contributed by atoms with Crippen LogP contribution in [0.1, 0.15) is 63.0 Å². The van der Waals surface area contributed by atoms with E-state index in [4.69, 9.17) is 32.7 Å². The maximum atomic E-state index is 16.1. The van der Waals surface area contributed by atoms with Crippen molar-refractivity contribution in [3.63, 3.8) is 0 Å². The highest BCUT2D eigenvalue weighted by Gasteiger charge is 2.73. The van der Waals surface area contributed by atoms with E-state index < -0.39 is 47.0 Å². The number of aliphatic hydroxyl groups excluding tert-OH is 1.